The number of nitrogens with zero attached hydrogens (tertiary/aromatic N) is 2. The third-order valence-corrected chi connectivity index (χ3v) is 3.66. The minimum Gasteiger partial charge on any atom is -0.396 e. The predicted molar refractivity (Wildman–Crippen MR) is 68.6 cm³/mol. The van der Waals surface area contributed by atoms with Crippen molar-refractivity contribution in [1.29, 1.82) is 0 Å². The summed E-state index contributed by atoms with van der Waals surface area (Å²) in [6, 6.07) is 0. The number of β-amino-alcohol motifs (C(OH)–C–C–N with tert-alkyl or cyclic N) is 1. The summed E-state index contributed by atoms with van der Waals surface area (Å²) in [5.74, 6) is -0.0958. The second-order valence-corrected chi connectivity index (χ2v) is 4.97. The minimum absolute atomic E-state index is 0.0104. The molecule has 0 aliphatic carbocycles. The highest BCUT2D eigenvalue weighted by atomic mass is 16.3. The van der Waals surface area contributed by atoms with Gasteiger partial charge in [-0.1, -0.05) is 0 Å². The van der Waals surface area contributed by atoms with Gasteiger partial charge < -0.3 is 20.2 Å². The molecule has 0 saturated carbocycles. The third-order valence-electron chi connectivity index (χ3n) is 3.66. The monoisotopic (exact) mass is 264 g/mol. The van der Waals surface area contributed by atoms with Crippen molar-refractivity contribution >= 4 is 11.0 Å². The number of nitrogens with one attached hydrogen (secondary N) is 2. The van der Waals surface area contributed by atoms with Gasteiger partial charge in [-0.05, 0) is 0 Å². The Hall–Kier alpha value is -1.70. The summed E-state index contributed by atoms with van der Waals surface area (Å²) in [5.41, 5.74) is 1.86. The normalized spacial score (nSPS) is 24.3. The fourth-order valence-corrected chi connectivity index (χ4v) is 2.62. The van der Waals surface area contributed by atoms with Crippen molar-refractivity contribution in [3.05, 3.63) is 28.4 Å². The Morgan fingerprint density at radius 1 is 1.42 bits per heavy atom. The van der Waals surface area contributed by atoms with E-state index in [2.05, 4.69) is 19.9 Å². The number of hydrogen-bond acceptors (Lipinski definition) is 5. The number of aromatic amines is 2. The van der Waals surface area contributed by atoms with Gasteiger partial charge in [-0.2, -0.15) is 0 Å². The molecule has 102 valence electrons. The first-order chi connectivity index (χ1) is 9.19. The molecule has 0 bridgehead atoms. The van der Waals surface area contributed by atoms with Crippen LogP contribution in [0.25, 0.3) is 11.0 Å². The van der Waals surface area contributed by atoms with Crippen LogP contribution in [0.2, 0.25) is 0 Å². The van der Waals surface area contributed by atoms with Gasteiger partial charge in [-0.25, -0.2) is 4.98 Å². The summed E-state index contributed by atoms with van der Waals surface area (Å²) in [5, 5.41) is 18.9. The quantitative estimate of drug-likeness (QED) is 0.571. The summed E-state index contributed by atoms with van der Waals surface area (Å²) >= 11 is 0. The molecule has 4 N–H and O–H groups in total. The fraction of sp³-hybridized carbons (Fsp3) is 0.500. The Morgan fingerprint density at radius 3 is 3.00 bits per heavy atom. The zero-order chi connectivity index (χ0) is 13.4. The van der Waals surface area contributed by atoms with Gasteiger partial charge >= 0.3 is 0 Å². The molecule has 1 saturated heterocycles. The summed E-state index contributed by atoms with van der Waals surface area (Å²) in [7, 11) is 0. The van der Waals surface area contributed by atoms with Crippen LogP contribution in [0.4, 0.5) is 0 Å². The number of aliphatic hydroxyl groups excluding tert-OH is 2. The van der Waals surface area contributed by atoms with Gasteiger partial charge in [0.1, 0.15) is 5.52 Å². The zero-order valence-corrected chi connectivity index (χ0v) is 10.3. The molecule has 3 heterocycles. The molecular formula is C12H16N4O3. The molecule has 0 amide bonds. The van der Waals surface area contributed by atoms with E-state index in [0.717, 1.165) is 5.56 Å². The maximum Gasteiger partial charge on any atom is 0.275 e. The van der Waals surface area contributed by atoms with E-state index in [0.29, 0.717) is 30.7 Å². The highest BCUT2D eigenvalue weighted by Crippen LogP contribution is 2.21. The van der Waals surface area contributed by atoms with Gasteiger partial charge in [0.2, 0.25) is 0 Å². The largest absolute Gasteiger partial charge is 0.396 e. The van der Waals surface area contributed by atoms with Crippen molar-refractivity contribution in [1.82, 2.24) is 19.9 Å². The molecule has 0 radical (unpaired) electrons. The summed E-state index contributed by atoms with van der Waals surface area (Å²) in [6.45, 7) is 1.77. The third kappa shape index (κ3) is 2.16. The molecule has 0 spiro atoms. The smallest absolute Gasteiger partial charge is 0.275 e. The van der Waals surface area contributed by atoms with Gasteiger partial charge in [-0.15, -0.1) is 0 Å². The fourth-order valence-electron chi connectivity index (χ4n) is 2.62. The lowest BCUT2D eigenvalue weighted by molar-refractivity contribution is 0.103. The summed E-state index contributed by atoms with van der Waals surface area (Å²) in [4.78, 5) is 23.2. The van der Waals surface area contributed by atoms with E-state index in [1.807, 2.05) is 0 Å². The maximum absolute atomic E-state index is 11.6. The van der Waals surface area contributed by atoms with E-state index in [4.69, 9.17) is 5.11 Å². The molecule has 0 aromatic carbocycles. The zero-order valence-electron chi connectivity index (χ0n) is 10.3. The van der Waals surface area contributed by atoms with Gasteiger partial charge in [0.05, 0.1) is 17.9 Å². The number of H-pyrrole nitrogens is 2. The molecule has 2 aromatic heterocycles. The van der Waals surface area contributed by atoms with Gasteiger partial charge in [0, 0.05) is 43.9 Å². The Balaban J connectivity index is 1.83. The Bertz CT molecular complexity index is 635. The van der Waals surface area contributed by atoms with Crippen LogP contribution in [0.15, 0.2) is 17.3 Å². The van der Waals surface area contributed by atoms with Crippen molar-refractivity contribution in [3.8, 4) is 0 Å². The molecule has 7 heteroatoms. The molecule has 0 unspecified atom stereocenters. The first-order valence-corrected chi connectivity index (χ1v) is 6.24. The first kappa shape index (κ1) is 12.3. The van der Waals surface area contributed by atoms with Crippen LogP contribution in [0.1, 0.15) is 5.56 Å². The van der Waals surface area contributed by atoms with E-state index < -0.39 is 6.10 Å². The van der Waals surface area contributed by atoms with Gasteiger partial charge in [-0.3, -0.25) is 9.69 Å². The first-order valence-electron chi connectivity index (χ1n) is 6.24. The molecule has 2 atom stereocenters. The van der Waals surface area contributed by atoms with Crippen LogP contribution in [0, 0.1) is 5.92 Å². The SMILES string of the molecule is O=c1[nH]cnc2c(CN3C[C@@H](CO)[C@@H](O)C3)c[nH]c12. The van der Waals surface area contributed by atoms with E-state index in [-0.39, 0.29) is 18.1 Å². The van der Waals surface area contributed by atoms with Crippen molar-refractivity contribution in [2.75, 3.05) is 19.7 Å². The molecule has 19 heavy (non-hydrogen) atoms. The van der Waals surface area contributed by atoms with Gasteiger partial charge in [0.15, 0.2) is 0 Å². The van der Waals surface area contributed by atoms with Crippen molar-refractivity contribution < 1.29 is 10.2 Å². The van der Waals surface area contributed by atoms with Crippen molar-refractivity contribution in [2.45, 2.75) is 12.6 Å². The van der Waals surface area contributed by atoms with E-state index >= 15 is 0 Å². The van der Waals surface area contributed by atoms with Crippen LogP contribution in [-0.4, -0.2) is 55.9 Å². The predicted octanol–water partition coefficient (Wildman–Crippen LogP) is -0.964. The standard InChI is InChI=1S/C12H16N4O3/c17-5-8-3-16(4-9(8)18)2-7-1-13-11-10(7)14-6-15-12(11)19/h1,6,8-9,13,17-18H,2-5H2,(H,14,15,19)/t8-,9-/m0/s1. The van der Waals surface area contributed by atoms with Crippen LogP contribution in [-0.2, 0) is 6.54 Å². The highest BCUT2D eigenvalue weighted by Gasteiger charge is 2.30. The lowest BCUT2D eigenvalue weighted by Crippen LogP contribution is -2.21. The summed E-state index contributed by atoms with van der Waals surface area (Å²) in [6.07, 6.45) is 2.66. The van der Waals surface area contributed by atoms with E-state index in [1.165, 1.54) is 6.33 Å². The Labute approximate surface area is 108 Å². The molecule has 1 fully saturated rings. The summed E-state index contributed by atoms with van der Waals surface area (Å²) < 4.78 is 0. The highest BCUT2D eigenvalue weighted by molar-refractivity contribution is 5.77. The van der Waals surface area contributed by atoms with E-state index in [9.17, 15) is 9.90 Å². The molecule has 1 aliphatic rings. The van der Waals surface area contributed by atoms with Crippen LogP contribution in [0.5, 0.6) is 0 Å². The van der Waals surface area contributed by atoms with Crippen LogP contribution in [0.3, 0.4) is 0 Å². The number of hydrogen-bond donors (Lipinski definition) is 4. The minimum atomic E-state index is -0.494. The second-order valence-electron chi connectivity index (χ2n) is 4.97. The van der Waals surface area contributed by atoms with Crippen molar-refractivity contribution in [3.63, 3.8) is 0 Å². The lowest BCUT2D eigenvalue weighted by Gasteiger charge is -2.13. The average molecular weight is 264 g/mol. The molecule has 7 nitrogen and oxygen atoms in total. The second kappa shape index (κ2) is 4.76. The topological polar surface area (TPSA) is 105 Å². The maximum atomic E-state index is 11.6. The molecule has 3 rings (SSSR count). The molecule has 2 aromatic rings. The molecular weight excluding hydrogens is 248 g/mol. The van der Waals surface area contributed by atoms with Gasteiger partial charge in [0.25, 0.3) is 5.56 Å². The number of aromatic nitrogens is 3. The average Bonchev–Trinajstić information content (AvgIpc) is 2.95. The number of fused-ring (bicyclic) bond motifs is 1. The van der Waals surface area contributed by atoms with Crippen molar-refractivity contribution in [2.24, 2.45) is 5.92 Å². The van der Waals surface area contributed by atoms with E-state index in [1.54, 1.807) is 6.20 Å². The van der Waals surface area contributed by atoms with Crippen LogP contribution >= 0.6 is 0 Å². The lowest BCUT2D eigenvalue weighted by atomic mass is 10.1. The number of likely N-dealkylation sites (tertiary alicyclic amines) is 1. The molecule has 1 aliphatic heterocycles. The van der Waals surface area contributed by atoms with Crippen LogP contribution < -0.4 is 5.56 Å². The number of rotatable bonds is 3. The Kier molecular flexibility index (Phi) is 3.09. The number of aliphatic hydroxyl groups is 2. The Morgan fingerprint density at radius 2 is 2.26 bits per heavy atom.